The van der Waals surface area contributed by atoms with Crippen molar-refractivity contribution in [3.8, 4) is 0 Å². The van der Waals surface area contributed by atoms with E-state index in [1.54, 1.807) is 0 Å². The molecule has 62 valence electrons. The van der Waals surface area contributed by atoms with E-state index in [2.05, 4.69) is 10.4 Å². The van der Waals surface area contributed by atoms with Gasteiger partial charge in [0.05, 0.1) is 5.54 Å². The van der Waals surface area contributed by atoms with Gasteiger partial charge in [-0.1, -0.05) is 19.3 Å². The second kappa shape index (κ2) is 1.99. The van der Waals surface area contributed by atoms with Crippen molar-refractivity contribution in [2.75, 3.05) is 6.54 Å². The monoisotopic (exact) mass is 152 g/mol. The maximum Gasteiger partial charge on any atom is 0.0527 e. The fourth-order valence-corrected chi connectivity index (χ4v) is 3.16. The van der Waals surface area contributed by atoms with E-state index in [1.165, 1.54) is 45.1 Å². The van der Waals surface area contributed by atoms with Gasteiger partial charge >= 0.3 is 0 Å². The lowest BCUT2D eigenvalue weighted by Gasteiger charge is -2.24. The maximum absolute atomic E-state index is 3.49. The van der Waals surface area contributed by atoms with Gasteiger partial charge in [0.25, 0.3) is 0 Å². The van der Waals surface area contributed by atoms with Gasteiger partial charge in [-0.25, -0.2) is 5.01 Å². The minimum atomic E-state index is 0.663. The van der Waals surface area contributed by atoms with E-state index in [-0.39, 0.29) is 0 Å². The predicted molar refractivity (Wildman–Crippen MR) is 44.1 cm³/mol. The Labute approximate surface area is 67.9 Å². The Kier molecular flexibility index (Phi) is 1.16. The molecule has 2 heterocycles. The summed E-state index contributed by atoms with van der Waals surface area (Å²) in [5.74, 6) is 0. The third kappa shape index (κ3) is 0.695. The molecule has 0 bridgehead atoms. The van der Waals surface area contributed by atoms with Crippen molar-refractivity contribution in [3.63, 3.8) is 0 Å². The van der Waals surface area contributed by atoms with E-state index in [0.29, 0.717) is 5.54 Å². The average Bonchev–Trinajstić information content (AvgIpc) is 2.54. The highest BCUT2D eigenvalue weighted by Crippen LogP contribution is 2.53. The van der Waals surface area contributed by atoms with Crippen LogP contribution in [0.3, 0.4) is 0 Å². The summed E-state index contributed by atoms with van der Waals surface area (Å²) in [7, 11) is 0. The van der Waals surface area contributed by atoms with Crippen LogP contribution in [-0.4, -0.2) is 23.1 Å². The average molecular weight is 152 g/mol. The molecule has 2 saturated heterocycles. The fourth-order valence-electron chi connectivity index (χ4n) is 3.16. The van der Waals surface area contributed by atoms with Gasteiger partial charge in [-0.2, -0.15) is 0 Å². The fraction of sp³-hybridized carbons (Fsp3) is 1.00. The molecule has 1 aliphatic carbocycles. The first kappa shape index (κ1) is 6.44. The SMILES string of the molecule is C1CCC2(CC1)C1CCNN12. The number of nitrogens with one attached hydrogen (secondary N) is 1. The molecular weight excluding hydrogens is 136 g/mol. The minimum absolute atomic E-state index is 0.663. The molecule has 3 aliphatic rings. The van der Waals surface area contributed by atoms with Crippen LogP contribution in [0.25, 0.3) is 0 Å². The molecule has 0 aromatic carbocycles. The van der Waals surface area contributed by atoms with Crippen LogP contribution in [-0.2, 0) is 0 Å². The molecule has 11 heavy (non-hydrogen) atoms. The largest absolute Gasteiger partial charge is 0.254 e. The van der Waals surface area contributed by atoms with Gasteiger partial charge in [0, 0.05) is 12.6 Å². The van der Waals surface area contributed by atoms with Gasteiger partial charge in [0.2, 0.25) is 0 Å². The summed E-state index contributed by atoms with van der Waals surface area (Å²) in [5.41, 5.74) is 4.15. The first-order chi connectivity index (χ1) is 5.43. The number of nitrogens with zero attached hydrogens (tertiary/aromatic N) is 1. The molecule has 2 aliphatic heterocycles. The van der Waals surface area contributed by atoms with Crippen molar-refractivity contribution >= 4 is 0 Å². The molecule has 0 aromatic rings. The first-order valence-corrected chi connectivity index (χ1v) is 4.96. The van der Waals surface area contributed by atoms with Crippen LogP contribution in [0, 0.1) is 0 Å². The van der Waals surface area contributed by atoms with Gasteiger partial charge in [-0.15, -0.1) is 0 Å². The minimum Gasteiger partial charge on any atom is -0.254 e. The maximum atomic E-state index is 3.49. The van der Waals surface area contributed by atoms with Crippen molar-refractivity contribution in [3.05, 3.63) is 0 Å². The summed E-state index contributed by atoms with van der Waals surface area (Å²) in [6.07, 6.45) is 8.74. The van der Waals surface area contributed by atoms with Crippen LogP contribution < -0.4 is 5.43 Å². The Hall–Kier alpha value is -0.0800. The van der Waals surface area contributed by atoms with E-state index in [1.807, 2.05) is 0 Å². The quantitative estimate of drug-likeness (QED) is 0.526. The molecule has 0 radical (unpaired) electrons. The van der Waals surface area contributed by atoms with Crippen LogP contribution in [0.2, 0.25) is 0 Å². The third-order valence-electron chi connectivity index (χ3n) is 3.76. The van der Waals surface area contributed by atoms with E-state index < -0.39 is 0 Å². The molecule has 1 saturated carbocycles. The third-order valence-corrected chi connectivity index (χ3v) is 3.76. The Bertz CT molecular complexity index is 160. The zero-order valence-corrected chi connectivity index (χ0v) is 6.97. The lowest BCUT2D eigenvalue weighted by atomic mass is 9.85. The summed E-state index contributed by atoms with van der Waals surface area (Å²) in [5, 5.41) is 2.53. The molecule has 0 amide bonds. The highest BCUT2D eigenvalue weighted by molar-refractivity contribution is 5.18. The van der Waals surface area contributed by atoms with Crippen LogP contribution in [0.5, 0.6) is 0 Å². The topological polar surface area (TPSA) is 15.0 Å². The predicted octanol–water partition coefficient (Wildman–Crippen LogP) is 1.28. The molecule has 2 nitrogen and oxygen atoms in total. The van der Waals surface area contributed by atoms with Crippen LogP contribution >= 0.6 is 0 Å². The van der Waals surface area contributed by atoms with Crippen molar-refractivity contribution in [2.45, 2.75) is 50.1 Å². The van der Waals surface area contributed by atoms with Crippen molar-refractivity contribution in [1.29, 1.82) is 0 Å². The molecule has 1 N–H and O–H groups in total. The summed E-state index contributed by atoms with van der Waals surface area (Å²) < 4.78 is 0. The van der Waals surface area contributed by atoms with E-state index in [0.717, 1.165) is 6.04 Å². The van der Waals surface area contributed by atoms with E-state index in [9.17, 15) is 0 Å². The van der Waals surface area contributed by atoms with E-state index in [4.69, 9.17) is 0 Å². The summed E-state index contributed by atoms with van der Waals surface area (Å²) in [6.45, 7) is 1.23. The molecule has 2 heteroatoms. The standard InChI is InChI=1S/C9H16N2/c1-2-5-9(6-3-1)8-4-7-10-11(8)9/h8,10H,1-7H2. The first-order valence-electron chi connectivity index (χ1n) is 4.96. The smallest absolute Gasteiger partial charge is 0.0527 e. The van der Waals surface area contributed by atoms with Gasteiger partial charge in [0.1, 0.15) is 0 Å². The molecule has 3 rings (SSSR count). The zero-order chi connectivity index (χ0) is 7.31. The molecular formula is C9H16N2. The molecule has 2 unspecified atom stereocenters. The molecule has 3 fully saturated rings. The van der Waals surface area contributed by atoms with Gasteiger partial charge in [0.15, 0.2) is 0 Å². The lowest BCUT2D eigenvalue weighted by molar-refractivity contribution is 0.261. The van der Waals surface area contributed by atoms with Crippen LogP contribution in [0.4, 0.5) is 0 Å². The van der Waals surface area contributed by atoms with Crippen LogP contribution in [0.15, 0.2) is 0 Å². The number of rotatable bonds is 0. The van der Waals surface area contributed by atoms with Gasteiger partial charge < -0.3 is 0 Å². The summed E-state index contributed by atoms with van der Waals surface area (Å²) in [4.78, 5) is 0. The molecule has 1 spiro atoms. The van der Waals surface area contributed by atoms with Crippen molar-refractivity contribution in [2.24, 2.45) is 0 Å². The summed E-state index contributed by atoms with van der Waals surface area (Å²) in [6, 6.07) is 0.933. The highest BCUT2D eigenvalue weighted by atomic mass is 15.7. The Morgan fingerprint density at radius 2 is 2.00 bits per heavy atom. The van der Waals surface area contributed by atoms with Gasteiger partial charge in [-0.3, -0.25) is 5.43 Å². The lowest BCUT2D eigenvalue weighted by Crippen LogP contribution is -2.32. The van der Waals surface area contributed by atoms with Gasteiger partial charge in [-0.05, 0) is 19.3 Å². The second-order valence-electron chi connectivity index (χ2n) is 4.25. The second-order valence-corrected chi connectivity index (χ2v) is 4.25. The summed E-state index contributed by atoms with van der Waals surface area (Å²) >= 11 is 0. The number of hydrazine groups is 1. The number of fused-ring (bicyclic) bond motifs is 3. The number of hydrogen-bond acceptors (Lipinski definition) is 2. The Balaban J connectivity index is 1.77. The molecule has 2 atom stereocenters. The van der Waals surface area contributed by atoms with Crippen LogP contribution in [0.1, 0.15) is 38.5 Å². The molecule has 0 aromatic heterocycles. The van der Waals surface area contributed by atoms with Crippen molar-refractivity contribution in [1.82, 2.24) is 10.4 Å². The van der Waals surface area contributed by atoms with Crippen molar-refractivity contribution < 1.29 is 0 Å². The van der Waals surface area contributed by atoms with E-state index >= 15 is 0 Å². The highest BCUT2D eigenvalue weighted by Gasteiger charge is 2.64. The number of hydrogen-bond donors (Lipinski definition) is 1. The Morgan fingerprint density at radius 3 is 2.64 bits per heavy atom. The zero-order valence-electron chi connectivity index (χ0n) is 6.97. The normalized spacial score (nSPS) is 45.8. The Morgan fingerprint density at radius 1 is 1.18 bits per heavy atom.